The van der Waals surface area contributed by atoms with Gasteiger partial charge in [-0.1, -0.05) is 18.2 Å². The summed E-state index contributed by atoms with van der Waals surface area (Å²) in [6.45, 7) is 0.683. The number of rotatable bonds is 3. The molecule has 2 aromatic rings. The fourth-order valence-electron chi connectivity index (χ4n) is 1.49. The standard InChI is InChI=1S/C11H13N3O/c1-14(10-5-3-2-4-6-10)8-9-7-11(15)13-12-9/h2-7H,8H2,1H3,(H2,12,13,15). The minimum Gasteiger partial charge on any atom is -0.369 e. The van der Waals surface area contributed by atoms with Crippen molar-refractivity contribution in [2.24, 2.45) is 0 Å². The molecule has 0 amide bonds. The van der Waals surface area contributed by atoms with E-state index >= 15 is 0 Å². The van der Waals surface area contributed by atoms with E-state index in [1.54, 1.807) is 6.07 Å². The van der Waals surface area contributed by atoms with Crippen molar-refractivity contribution < 1.29 is 0 Å². The molecule has 1 aromatic carbocycles. The van der Waals surface area contributed by atoms with E-state index in [0.717, 1.165) is 11.4 Å². The van der Waals surface area contributed by atoms with Crippen LogP contribution in [0.1, 0.15) is 5.69 Å². The quantitative estimate of drug-likeness (QED) is 0.791. The smallest absolute Gasteiger partial charge is 0.264 e. The molecule has 78 valence electrons. The van der Waals surface area contributed by atoms with Crippen LogP contribution < -0.4 is 10.5 Å². The molecule has 0 unspecified atom stereocenters. The first-order valence-corrected chi connectivity index (χ1v) is 4.78. The number of para-hydroxylation sites is 1. The number of aromatic nitrogens is 2. The molecule has 0 spiro atoms. The van der Waals surface area contributed by atoms with Gasteiger partial charge in [0.1, 0.15) is 0 Å². The maximum atomic E-state index is 10.9. The molecule has 0 aliphatic rings. The summed E-state index contributed by atoms with van der Waals surface area (Å²) in [7, 11) is 1.99. The molecule has 0 saturated heterocycles. The van der Waals surface area contributed by atoms with E-state index in [9.17, 15) is 4.79 Å². The zero-order valence-corrected chi connectivity index (χ0v) is 8.53. The third-order valence-corrected chi connectivity index (χ3v) is 2.26. The first kappa shape index (κ1) is 9.58. The number of benzene rings is 1. The molecule has 0 fully saturated rings. The summed E-state index contributed by atoms with van der Waals surface area (Å²) < 4.78 is 0. The van der Waals surface area contributed by atoms with E-state index in [-0.39, 0.29) is 5.56 Å². The molecule has 1 aromatic heterocycles. The van der Waals surface area contributed by atoms with Crippen LogP contribution in [0.15, 0.2) is 41.2 Å². The molecule has 0 atom stereocenters. The van der Waals surface area contributed by atoms with Gasteiger partial charge in [-0.05, 0) is 12.1 Å². The van der Waals surface area contributed by atoms with Gasteiger partial charge in [0.15, 0.2) is 0 Å². The number of nitrogens with zero attached hydrogens (tertiary/aromatic N) is 1. The number of H-pyrrole nitrogens is 2. The molecule has 4 heteroatoms. The molecule has 1 heterocycles. The van der Waals surface area contributed by atoms with Gasteiger partial charge < -0.3 is 10.00 Å². The largest absolute Gasteiger partial charge is 0.369 e. The van der Waals surface area contributed by atoms with Crippen LogP contribution in [0.4, 0.5) is 5.69 Å². The van der Waals surface area contributed by atoms with Gasteiger partial charge in [-0.3, -0.25) is 9.89 Å². The summed E-state index contributed by atoms with van der Waals surface area (Å²) in [4.78, 5) is 13.0. The highest BCUT2D eigenvalue weighted by molar-refractivity contribution is 5.45. The lowest BCUT2D eigenvalue weighted by Crippen LogP contribution is -2.16. The molecule has 4 nitrogen and oxygen atoms in total. The Morgan fingerprint density at radius 2 is 1.93 bits per heavy atom. The van der Waals surface area contributed by atoms with E-state index in [4.69, 9.17) is 0 Å². The van der Waals surface area contributed by atoms with Crippen molar-refractivity contribution in [2.45, 2.75) is 6.54 Å². The Hall–Kier alpha value is -1.97. The topological polar surface area (TPSA) is 51.9 Å². The highest BCUT2D eigenvalue weighted by Gasteiger charge is 2.02. The molecule has 0 saturated carbocycles. The van der Waals surface area contributed by atoms with Crippen molar-refractivity contribution >= 4 is 5.69 Å². The molecule has 0 bridgehead atoms. The molecule has 0 aliphatic carbocycles. The maximum absolute atomic E-state index is 10.9. The number of nitrogens with one attached hydrogen (secondary N) is 2. The lowest BCUT2D eigenvalue weighted by atomic mass is 10.3. The molecular weight excluding hydrogens is 190 g/mol. The molecule has 0 radical (unpaired) electrons. The predicted octanol–water partition coefficient (Wildman–Crippen LogP) is 1.34. The molecular formula is C11H13N3O. The van der Waals surface area contributed by atoms with Crippen LogP contribution in [0.2, 0.25) is 0 Å². The Morgan fingerprint density at radius 1 is 1.20 bits per heavy atom. The first-order chi connectivity index (χ1) is 7.25. The van der Waals surface area contributed by atoms with Gasteiger partial charge in [0.05, 0.1) is 12.2 Å². The SMILES string of the molecule is CN(Cc1cc(=O)[nH][nH]1)c1ccccc1. The lowest BCUT2D eigenvalue weighted by molar-refractivity contribution is 0.868. The van der Waals surface area contributed by atoms with Crippen molar-refractivity contribution in [3.05, 3.63) is 52.4 Å². The second kappa shape index (κ2) is 4.04. The number of anilines is 1. The van der Waals surface area contributed by atoms with Gasteiger partial charge in [-0.25, -0.2) is 0 Å². The Morgan fingerprint density at radius 3 is 2.53 bits per heavy atom. The van der Waals surface area contributed by atoms with Crippen molar-refractivity contribution in [2.75, 3.05) is 11.9 Å². The normalized spacial score (nSPS) is 10.2. The molecule has 2 rings (SSSR count). The zero-order valence-electron chi connectivity index (χ0n) is 8.53. The number of hydrogen-bond acceptors (Lipinski definition) is 2. The van der Waals surface area contributed by atoms with Gasteiger partial charge in [0.25, 0.3) is 5.56 Å². The Bertz CT molecular complexity index is 472. The summed E-state index contributed by atoms with van der Waals surface area (Å²) in [5, 5.41) is 5.35. The fraction of sp³-hybridized carbons (Fsp3) is 0.182. The van der Waals surface area contributed by atoms with Crippen molar-refractivity contribution in [1.29, 1.82) is 0 Å². The average molecular weight is 203 g/mol. The monoisotopic (exact) mass is 203 g/mol. The highest BCUT2D eigenvalue weighted by Crippen LogP contribution is 2.12. The van der Waals surface area contributed by atoms with Gasteiger partial charge in [0.2, 0.25) is 0 Å². The van der Waals surface area contributed by atoms with Crippen LogP contribution in [0, 0.1) is 0 Å². The van der Waals surface area contributed by atoms with Crippen molar-refractivity contribution in [3.8, 4) is 0 Å². The Balaban J connectivity index is 2.10. The van der Waals surface area contributed by atoms with Crippen molar-refractivity contribution in [3.63, 3.8) is 0 Å². The minimum absolute atomic E-state index is 0.0912. The lowest BCUT2D eigenvalue weighted by Gasteiger charge is -2.17. The van der Waals surface area contributed by atoms with E-state index in [0.29, 0.717) is 6.54 Å². The molecule has 2 N–H and O–H groups in total. The second-order valence-corrected chi connectivity index (χ2v) is 3.48. The summed E-state index contributed by atoms with van der Waals surface area (Å²) in [5.41, 5.74) is 1.91. The van der Waals surface area contributed by atoms with Crippen LogP contribution >= 0.6 is 0 Å². The van der Waals surface area contributed by atoms with Gasteiger partial charge in [-0.15, -0.1) is 0 Å². The predicted molar refractivity (Wildman–Crippen MR) is 60.0 cm³/mol. The Kier molecular flexibility index (Phi) is 2.58. The summed E-state index contributed by atoms with van der Waals surface area (Å²) in [6.07, 6.45) is 0. The third-order valence-electron chi connectivity index (χ3n) is 2.26. The summed E-state index contributed by atoms with van der Waals surface area (Å²) >= 11 is 0. The second-order valence-electron chi connectivity index (χ2n) is 3.48. The van der Waals surface area contributed by atoms with Crippen LogP contribution in [0.5, 0.6) is 0 Å². The van der Waals surface area contributed by atoms with Gasteiger partial charge in [-0.2, -0.15) is 0 Å². The average Bonchev–Trinajstić information content (AvgIpc) is 2.65. The minimum atomic E-state index is -0.0912. The van der Waals surface area contributed by atoms with Crippen LogP contribution in [-0.2, 0) is 6.54 Å². The first-order valence-electron chi connectivity index (χ1n) is 4.78. The maximum Gasteiger partial charge on any atom is 0.264 e. The van der Waals surface area contributed by atoms with E-state index in [1.807, 2.05) is 37.4 Å². The van der Waals surface area contributed by atoms with E-state index in [1.165, 1.54) is 0 Å². The molecule has 0 aliphatic heterocycles. The number of aromatic amines is 2. The van der Waals surface area contributed by atoms with Crippen molar-refractivity contribution in [1.82, 2.24) is 10.2 Å². The van der Waals surface area contributed by atoms with E-state index < -0.39 is 0 Å². The van der Waals surface area contributed by atoms with Crippen LogP contribution in [-0.4, -0.2) is 17.2 Å². The zero-order chi connectivity index (χ0) is 10.7. The van der Waals surface area contributed by atoms with Crippen LogP contribution in [0.3, 0.4) is 0 Å². The summed E-state index contributed by atoms with van der Waals surface area (Å²) in [6, 6.07) is 11.6. The highest BCUT2D eigenvalue weighted by atomic mass is 16.1. The number of hydrogen-bond donors (Lipinski definition) is 2. The summed E-state index contributed by atoms with van der Waals surface area (Å²) in [5.74, 6) is 0. The fourth-order valence-corrected chi connectivity index (χ4v) is 1.49. The van der Waals surface area contributed by atoms with E-state index in [2.05, 4.69) is 15.1 Å². The van der Waals surface area contributed by atoms with Gasteiger partial charge >= 0.3 is 0 Å². The van der Waals surface area contributed by atoms with Crippen LogP contribution in [0.25, 0.3) is 0 Å². The Labute approximate surface area is 87.5 Å². The van der Waals surface area contributed by atoms with Gasteiger partial charge in [0, 0.05) is 18.8 Å². The molecule has 15 heavy (non-hydrogen) atoms. The third kappa shape index (κ3) is 2.28.